The minimum Gasteiger partial charge on any atom is -0.459 e. The molecule has 2 aliphatic carbocycles. The molecule has 25 heavy (non-hydrogen) atoms. The summed E-state index contributed by atoms with van der Waals surface area (Å²) in [7, 11) is 0. The lowest BCUT2D eigenvalue weighted by Gasteiger charge is -2.38. The Bertz CT molecular complexity index is 664. The van der Waals surface area contributed by atoms with Crippen molar-refractivity contribution >= 4 is 11.9 Å². The summed E-state index contributed by atoms with van der Waals surface area (Å²) in [4.78, 5) is 24.4. The van der Waals surface area contributed by atoms with Crippen LogP contribution in [0, 0.1) is 11.8 Å². The maximum absolute atomic E-state index is 12.6. The quantitative estimate of drug-likeness (QED) is 0.453. The van der Waals surface area contributed by atoms with E-state index in [9.17, 15) is 9.59 Å². The van der Waals surface area contributed by atoms with Gasteiger partial charge in [-0.1, -0.05) is 44.4 Å². The Kier molecular flexibility index (Phi) is 5.57. The lowest BCUT2D eigenvalue weighted by molar-refractivity contribution is -0.130. The van der Waals surface area contributed by atoms with Gasteiger partial charge in [0, 0.05) is 5.57 Å². The zero-order chi connectivity index (χ0) is 17.8. The van der Waals surface area contributed by atoms with Gasteiger partial charge in [-0.15, -0.1) is 0 Å². The normalized spacial score (nSPS) is 25.6. The van der Waals surface area contributed by atoms with E-state index in [0.717, 1.165) is 25.2 Å². The third-order valence-electron chi connectivity index (χ3n) is 5.42. The smallest absolute Gasteiger partial charge is 0.342 e. The molecule has 0 saturated heterocycles. The van der Waals surface area contributed by atoms with Gasteiger partial charge in [-0.3, -0.25) is 0 Å². The van der Waals surface area contributed by atoms with Gasteiger partial charge in [0.15, 0.2) is 0 Å². The molecule has 0 aliphatic heterocycles. The molecule has 4 heteroatoms. The molecular formula is C21H26O4. The van der Waals surface area contributed by atoms with Crippen molar-refractivity contribution in [1.82, 2.24) is 0 Å². The van der Waals surface area contributed by atoms with E-state index in [1.807, 2.05) is 0 Å². The summed E-state index contributed by atoms with van der Waals surface area (Å²) in [6.07, 6.45) is 8.22. The molecule has 0 bridgehead atoms. The first kappa shape index (κ1) is 17.7. The highest BCUT2D eigenvalue weighted by atomic mass is 16.6. The molecule has 0 aromatic heterocycles. The van der Waals surface area contributed by atoms with Crippen molar-refractivity contribution in [3.05, 3.63) is 42.0 Å². The van der Waals surface area contributed by atoms with E-state index in [-0.39, 0.29) is 11.9 Å². The summed E-state index contributed by atoms with van der Waals surface area (Å²) in [5, 5.41) is 0. The third kappa shape index (κ3) is 4.30. The second-order valence-electron chi connectivity index (χ2n) is 7.31. The summed E-state index contributed by atoms with van der Waals surface area (Å²) >= 11 is 0. The Labute approximate surface area is 149 Å². The van der Waals surface area contributed by atoms with Crippen molar-refractivity contribution in [3.63, 3.8) is 0 Å². The van der Waals surface area contributed by atoms with Gasteiger partial charge in [-0.2, -0.15) is 0 Å². The van der Waals surface area contributed by atoms with Gasteiger partial charge in [0.05, 0.1) is 0 Å². The number of esters is 2. The summed E-state index contributed by atoms with van der Waals surface area (Å²) in [5.41, 5.74) is 0.585. The van der Waals surface area contributed by atoms with Gasteiger partial charge in [0.2, 0.25) is 0 Å². The second-order valence-corrected chi connectivity index (χ2v) is 7.31. The molecule has 3 unspecified atom stereocenters. The van der Waals surface area contributed by atoms with Crippen molar-refractivity contribution in [3.8, 4) is 5.75 Å². The number of hydrogen-bond donors (Lipinski definition) is 0. The topological polar surface area (TPSA) is 52.6 Å². The number of fused-ring (bicyclic) bond motifs is 1. The number of benzene rings is 1. The van der Waals surface area contributed by atoms with Crippen LogP contribution in [-0.4, -0.2) is 18.0 Å². The van der Waals surface area contributed by atoms with Crippen LogP contribution in [0.4, 0.5) is 0 Å². The zero-order valence-electron chi connectivity index (χ0n) is 14.8. The average molecular weight is 342 g/mol. The van der Waals surface area contributed by atoms with Crippen molar-refractivity contribution in [2.45, 2.75) is 58.0 Å². The lowest BCUT2D eigenvalue weighted by atomic mass is 9.70. The average Bonchev–Trinajstić information content (AvgIpc) is 2.62. The van der Waals surface area contributed by atoms with E-state index in [0.29, 0.717) is 17.1 Å². The van der Waals surface area contributed by atoms with Crippen LogP contribution in [-0.2, 0) is 9.53 Å². The predicted molar refractivity (Wildman–Crippen MR) is 95.4 cm³/mol. The maximum atomic E-state index is 12.6. The molecule has 0 spiro atoms. The number of rotatable bonds is 4. The molecule has 3 rings (SSSR count). The Hall–Kier alpha value is -2.10. The Balaban J connectivity index is 1.65. The minimum absolute atomic E-state index is 0.0308. The number of ether oxygens (including phenoxy) is 2. The molecule has 4 nitrogen and oxygen atoms in total. The monoisotopic (exact) mass is 342 g/mol. The molecule has 0 N–H and O–H groups in total. The molecule has 134 valence electrons. The van der Waals surface area contributed by atoms with Crippen LogP contribution in [0.3, 0.4) is 0 Å². The van der Waals surface area contributed by atoms with Crippen LogP contribution in [0.5, 0.6) is 5.75 Å². The first-order chi connectivity index (χ1) is 12.0. The highest BCUT2D eigenvalue weighted by Gasteiger charge is 2.34. The van der Waals surface area contributed by atoms with Crippen molar-refractivity contribution < 1.29 is 19.1 Å². The minimum atomic E-state index is -0.539. The summed E-state index contributed by atoms with van der Waals surface area (Å²) in [5.74, 6) is 0.781. The molecule has 3 atom stereocenters. The third-order valence-corrected chi connectivity index (χ3v) is 5.42. The molecule has 2 fully saturated rings. The lowest BCUT2D eigenvalue weighted by Crippen LogP contribution is -2.33. The van der Waals surface area contributed by atoms with Crippen LogP contribution in [0.2, 0.25) is 0 Å². The number of carbonyl (C=O) groups excluding carboxylic acids is 2. The summed E-state index contributed by atoms with van der Waals surface area (Å²) < 4.78 is 11.0. The Morgan fingerprint density at radius 2 is 1.76 bits per heavy atom. The van der Waals surface area contributed by atoms with Crippen LogP contribution in [0.15, 0.2) is 36.4 Å². The number of para-hydroxylation sites is 1. The SMILES string of the molecule is C=C(C)C(=O)Oc1ccccc1C(=O)OC1CCC2CCCCC2C1. The largest absolute Gasteiger partial charge is 0.459 e. The van der Waals surface area contributed by atoms with Crippen molar-refractivity contribution in [2.75, 3.05) is 0 Å². The molecule has 0 heterocycles. The van der Waals surface area contributed by atoms with Gasteiger partial charge < -0.3 is 9.47 Å². The summed E-state index contributed by atoms with van der Waals surface area (Å²) in [6.45, 7) is 5.14. The van der Waals surface area contributed by atoms with E-state index in [2.05, 4.69) is 6.58 Å². The zero-order valence-corrected chi connectivity index (χ0v) is 14.8. The first-order valence-electron chi connectivity index (χ1n) is 9.22. The van der Waals surface area contributed by atoms with Gasteiger partial charge in [0.1, 0.15) is 17.4 Å². The maximum Gasteiger partial charge on any atom is 0.342 e. The van der Waals surface area contributed by atoms with Gasteiger partial charge in [-0.25, -0.2) is 9.59 Å². The molecule has 1 aromatic carbocycles. The standard InChI is InChI=1S/C21H26O4/c1-14(2)20(22)25-19-10-6-5-9-18(19)21(23)24-17-12-11-15-7-3-4-8-16(15)13-17/h5-6,9-10,15-17H,1,3-4,7-8,11-13H2,2H3. The van der Waals surface area contributed by atoms with Gasteiger partial charge in [0.25, 0.3) is 0 Å². The van der Waals surface area contributed by atoms with Gasteiger partial charge >= 0.3 is 11.9 Å². The highest BCUT2D eigenvalue weighted by molar-refractivity contribution is 5.95. The van der Waals surface area contributed by atoms with E-state index >= 15 is 0 Å². The second kappa shape index (κ2) is 7.85. The molecule has 2 saturated carbocycles. The van der Waals surface area contributed by atoms with Crippen LogP contribution in [0.25, 0.3) is 0 Å². The van der Waals surface area contributed by atoms with Crippen LogP contribution >= 0.6 is 0 Å². The van der Waals surface area contributed by atoms with E-state index in [1.54, 1.807) is 31.2 Å². The number of hydrogen-bond acceptors (Lipinski definition) is 4. The fourth-order valence-electron chi connectivity index (χ4n) is 4.06. The highest BCUT2D eigenvalue weighted by Crippen LogP contribution is 2.41. The fourth-order valence-corrected chi connectivity index (χ4v) is 4.06. The van der Waals surface area contributed by atoms with E-state index < -0.39 is 11.9 Å². The first-order valence-corrected chi connectivity index (χ1v) is 9.22. The molecular weight excluding hydrogens is 316 g/mol. The summed E-state index contributed by atoms with van der Waals surface area (Å²) in [6, 6.07) is 6.71. The van der Waals surface area contributed by atoms with E-state index in [4.69, 9.17) is 9.47 Å². The van der Waals surface area contributed by atoms with Crippen molar-refractivity contribution in [2.24, 2.45) is 11.8 Å². The van der Waals surface area contributed by atoms with E-state index in [1.165, 1.54) is 25.7 Å². The van der Waals surface area contributed by atoms with Crippen LogP contribution in [0.1, 0.15) is 62.2 Å². The fraction of sp³-hybridized carbons (Fsp3) is 0.524. The Morgan fingerprint density at radius 3 is 2.52 bits per heavy atom. The molecule has 1 aromatic rings. The molecule has 0 amide bonds. The van der Waals surface area contributed by atoms with Crippen molar-refractivity contribution in [1.29, 1.82) is 0 Å². The Morgan fingerprint density at radius 1 is 1.04 bits per heavy atom. The molecule has 0 radical (unpaired) electrons. The molecule has 2 aliphatic rings. The number of carbonyl (C=O) groups is 2. The van der Waals surface area contributed by atoms with Gasteiger partial charge in [-0.05, 0) is 50.2 Å². The predicted octanol–water partition coefficient (Wildman–Crippen LogP) is 4.68. The van der Waals surface area contributed by atoms with Crippen LogP contribution < -0.4 is 4.74 Å².